The molecule has 17 heavy (non-hydrogen) atoms. The third kappa shape index (κ3) is 2.60. The van der Waals surface area contributed by atoms with E-state index < -0.39 is 0 Å². The van der Waals surface area contributed by atoms with Crippen molar-refractivity contribution in [1.29, 1.82) is 0 Å². The molecule has 0 fully saturated rings. The van der Waals surface area contributed by atoms with Crippen LogP contribution in [-0.2, 0) is 4.79 Å². The van der Waals surface area contributed by atoms with E-state index in [4.69, 9.17) is 0 Å². The zero-order chi connectivity index (χ0) is 12.3. The molecule has 1 atom stereocenters. The van der Waals surface area contributed by atoms with E-state index in [0.717, 1.165) is 16.6 Å². The molecule has 4 nitrogen and oxygen atoms in total. The number of anilines is 1. The summed E-state index contributed by atoms with van der Waals surface area (Å²) in [5.74, 6) is -0.0652. The van der Waals surface area contributed by atoms with Gasteiger partial charge >= 0.3 is 0 Å². The van der Waals surface area contributed by atoms with E-state index in [0.29, 0.717) is 0 Å². The number of hydrogen-bond donors (Lipinski definition) is 2. The first kappa shape index (κ1) is 11.5. The normalized spacial score (nSPS) is 12.4. The van der Waals surface area contributed by atoms with Gasteiger partial charge in [0.1, 0.15) is 0 Å². The molecule has 0 saturated carbocycles. The molecule has 0 radical (unpaired) electrons. The van der Waals surface area contributed by atoms with Gasteiger partial charge in [0.25, 0.3) is 0 Å². The summed E-state index contributed by atoms with van der Waals surface area (Å²) >= 11 is 0. The molecule has 0 bridgehead atoms. The molecule has 1 heterocycles. The number of pyridine rings is 1. The molecule has 1 aromatic carbocycles. The fraction of sp³-hybridized carbons (Fsp3) is 0.231. The fourth-order valence-electron chi connectivity index (χ4n) is 1.52. The summed E-state index contributed by atoms with van der Waals surface area (Å²) in [6.45, 7) is 1.81. The predicted molar refractivity (Wildman–Crippen MR) is 68.9 cm³/mol. The minimum atomic E-state index is -0.221. The third-order valence-corrected chi connectivity index (χ3v) is 2.68. The first-order valence-electron chi connectivity index (χ1n) is 5.53. The van der Waals surface area contributed by atoms with Crippen LogP contribution in [0.1, 0.15) is 6.92 Å². The molecular formula is C13H15N3O. The summed E-state index contributed by atoms with van der Waals surface area (Å²) in [6, 6.07) is 9.50. The lowest BCUT2D eigenvalue weighted by atomic mass is 10.2. The van der Waals surface area contributed by atoms with Gasteiger partial charge in [-0.1, -0.05) is 18.2 Å². The fourth-order valence-corrected chi connectivity index (χ4v) is 1.52. The summed E-state index contributed by atoms with van der Waals surface area (Å²) in [6.07, 6.45) is 1.67. The molecule has 2 N–H and O–H groups in total. The first-order valence-corrected chi connectivity index (χ1v) is 5.53. The van der Waals surface area contributed by atoms with Crippen molar-refractivity contribution in [2.75, 3.05) is 12.4 Å². The zero-order valence-corrected chi connectivity index (χ0v) is 9.90. The Kier molecular flexibility index (Phi) is 3.35. The number of rotatable bonds is 3. The van der Waals surface area contributed by atoms with Crippen LogP contribution in [0, 0.1) is 0 Å². The van der Waals surface area contributed by atoms with Crippen LogP contribution in [0.4, 0.5) is 5.69 Å². The van der Waals surface area contributed by atoms with Gasteiger partial charge in [-0.3, -0.25) is 9.78 Å². The zero-order valence-electron chi connectivity index (χ0n) is 9.90. The highest BCUT2D eigenvalue weighted by Crippen LogP contribution is 2.15. The highest BCUT2D eigenvalue weighted by Gasteiger charge is 2.10. The van der Waals surface area contributed by atoms with Gasteiger partial charge in [-0.05, 0) is 26.1 Å². The maximum Gasteiger partial charge on any atom is 0.241 e. The van der Waals surface area contributed by atoms with Gasteiger partial charge in [-0.25, -0.2) is 0 Å². The number of hydrogen-bond acceptors (Lipinski definition) is 3. The SMILES string of the molecule is CNC(C)C(=O)Nc1cnc2ccccc2c1. The number of carbonyl (C=O) groups excluding carboxylic acids is 1. The van der Waals surface area contributed by atoms with Crippen molar-refractivity contribution in [2.24, 2.45) is 0 Å². The van der Waals surface area contributed by atoms with Crippen LogP contribution >= 0.6 is 0 Å². The number of amides is 1. The Bertz CT molecular complexity index is 539. The topological polar surface area (TPSA) is 54.0 Å². The Labute approximate surface area is 100 Å². The van der Waals surface area contributed by atoms with Crippen molar-refractivity contribution < 1.29 is 4.79 Å². The maximum absolute atomic E-state index is 11.7. The summed E-state index contributed by atoms with van der Waals surface area (Å²) < 4.78 is 0. The lowest BCUT2D eigenvalue weighted by molar-refractivity contribution is -0.117. The molecule has 0 aliphatic heterocycles. The van der Waals surface area contributed by atoms with Crippen LogP contribution in [0.5, 0.6) is 0 Å². The number of likely N-dealkylation sites (N-methyl/N-ethyl adjacent to an activating group) is 1. The molecule has 1 unspecified atom stereocenters. The molecule has 0 spiro atoms. The first-order chi connectivity index (χ1) is 8.20. The Balaban J connectivity index is 2.22. The summed E-state index contributed by atoms with van der Waals surface area (Å²) in [5.41, 5.74) is 1.64. The molecule has 4 heteroatoms. The van der Waals surface area contributed by atoms with E-state index in [1.807, 2.05) is 37.3 Å². The number of fused-ring (bicyclic) bond motifs is 1. The van der Waals surface area contributed by atoms with E-state index in [9.17, 15) is 4.79 Å². The standard InChI is InChI=1S/C13H15N3O/c1-9(14-2)13(17)16-11-7-10-5-3-4-6-12(10)15-8-11/h3-9,14H,1-2H3,(H,16,17). The Morgan fingerprint density at radius 3 is 2.88 bits per heavy atom. The molecule has 88 valence electrons. The second-order valence-corrected chi connectivity index (χ2v) is 3.92. The van der Waals surface area contributed by atoms with Crippen LogP contribution < -0.4 is 10.6 Å². The van der Waals surface area contributed by atoms with Crippen LogP contribution in [0.3, 0.4) is 0 Å². The molecule has 2 aromatic rings. The summed E-state index contributed by atoms with van der Waals surface area (Å²) in [4.78, 5) is 16.0. The van der Waals surface area contributed by atoms with Crippen LogP contribution in [-0.4, -0.2) is 24.0 Å². The number of benzene rings is 1. The molecule has 2 rings (SSSR count). The Morgan fingerprint density at radius 1 is 1.35 bits per heavy atom. The van der Waals surface area contributed by atoms with Gasteiger partial charge in [0.15, 0.2) is 0 Å². The van der Waals surface area contributed by atoms with Crippen molar-refractivity contribution in [2.45, 2.75) is 13.0 Å². The van der Waals surface area contributed by atoms with Crippen LogP contribution in [0.2, 0.25) is 0 Å². The molecule has 1 amide bonds. The van der Waals surface area contributed by atoms with Gasteiger partial charge < -0.3 is 10.6 Å². The Morgan fingerprint density at radius 2 is 2.12 bits per heavy atom. The van der Waals surface area contributed by atoms with E-state index in [-0.39, 0.29) is 11.9 Å². The number of aromatic nitrogens is 1. The number of nitrogens with zero attached hydrogens (tertiary/aromatic N) is 1. The minimum absolute atomic E-state index is 0.0652. The Hall–Kier alpha value is -1.94. The van der Waals surface area contributed by atoms with Crippen LogP contribution in [0.25, 0.3) is 10.9 Å². The lowest BCUT2D eigenvalue weighted by Crippen LogP contribution is -2.35. The largest absolute Gasteiger partial charge is 0.323 e. The van der Waals surface area contributed by atoms with Crippen molar-refractivity contribution in [3.63, 3.8) is 0 Å². The lowest BCUT2D eigenvalue weighted by Gasteiger charge is -2.11. The summed E-state index contributed by atoms with van der Waals surface area (Å²) in [5, 5.41) is 6.73. The van der Waals surface area contributed by atoms with Gasteiger partial charge in [-0.15, -0.1) is 0 Å². The number of carbonyl (C=O) groups is 1. The van der Waals surface area contributed by atoms with Crippen molar-refractivity contribution in [3.05, 3.63) is 36.5 Å². The van der Waals surface area contributed by atoms with Gasteiger partial charge in [0.05, 0.1) is 23.4 Å². The van der Waals surface area contributed by atoms with Crippen molar-refractivity contribution >= 4 is 22.5 Å². The number of nitrogens with one attached hydrogen (secondary N) is 2. The molecule has 0 saturated heterocycles. The van der Waals surface area contributed by atoms with Crippen molar-refractivity contribution in [3.8, 4) is 0 Å². The predicted octanol–water partition coefficient (Wildman–Crippen LogP) is 1.78. The molecular weight excluding hydrogens is 214 g/mol. The third-order valence-electron chi connectivity index (χ3n) is 2.68. The van der Waals surface area contributed by atoms with Crippen LogP contribution in [0.15, 0.2) is 36.5 Å². The monoisotopic (exact) mass is 229 g/mol. The quantitative estimate of drug-likeness (QED) is 0.843. The highest BCUT2D eigenvalue weighted by atomic mass is 16.2. The smallest absolute Gasteiger partial charge is 0.241 e. The average Bonchev–Trinajstić information content (AvgIpc) is 2.37. The van der Waals surface area contributed by atoms with Crippen molar-refractivity contribution in [1.82, 2.24) is 10.3 Å². The summed E-state index contributed by atoms with van der Waals surface area (Å²) in [7, 11) is 1.75. The van der Waals surface area contributed by atoms with E-state index in [1.54, 1.807) is 13.2 Å². The second-order valence-electron chi connectivity index (χ2n) is 3.92. The van der Waals surface area contributed by atoms with Gasteiger partial charge in [0, 0.05) is 5.39 Å². The van der Waals surface area contributed by atoms with Gasteiger partial charge in [0.2, 0.25) is 5.91 Å². The molecule has 0 aliphatic rings. The minimum Gasteiger partial charge on any atom is -0.323 e. The van der Waals surface area contributed by atoms with E-state index in [2.05, 4.69) is 15.6 Å². The van der Waals surface area contributed by atoms with Gasteiger partial charge in [-0.2, -0.15) is 0 Å². The second kappa shape index (κ2) is 4.93. The maximum atomic E-state index is 11.7. The van der Waals surface area contributed by atoms with E-state index >= 15 is 0 Å². The molecule has 1 aromatic heterocycles. The number of para-hydroxylation sites is 1. The molecule has 0 aliphatic carbocycles. The average molecular weight is 229 g/mol. The highest BCUT2D eigenvalue weighted by molar-refractivity contribution is 5.96. The van der Waals surface area contributed by atoms with E-state index in [1.165, 1.54) is 0 Å².